The summed E-state index contributed by atoms with van der Waals surface area (Å²) in [7, 11) is -3.58. The third-order valence-electron chi connectivity index (χ3n) is 4.27. The number of nitrogens with one attached hydrogen (secondary N) is 2. The quantitative estimate of drug-likeness (QED) is 0.544. The number of hydrogen-bond acceptors (Lipinski definition) is 9. The zero-order valence-electron chi connectivity index (χ0n) is 18.0. The van der Waals surface area contributed by atoms with Crippen molar-refractivity contribution < 1.29 is 22.7 Å². The van der Waals surface area contributed by atoms with Gasteiger partial charge in [-0.25, -0.2) is 24.5 Å². The molecule has 0 spiro atoms. The summed E-state index contributed by atoms with van der Waals surface area (Å²) in [6.45, 7) is 6.48. The monoisotopic (exact) mass is 459 g/mol. The van der Waals surface area contributed by atoms with Crippen LogP contribution < -0.4 is 9.62 Å². The van der Waals surface area contributed by atoms with E-state index in [1.165, 1.54) is 13.0 Å². The molecule has 0 radical (unpaired) electrons. The van der Waals surface area contributed by atoms with Crippen LogP contribution in [0.1, 0.15) is 33.1 Å². The van der Waals surface area contributed by atoms with E-state index in [1.807, 2.05) is 0 Å². The van der Waals surface area contributed by atoms with Crippen LogP contribution in [0.25, 0.3) is 0 Å². The fraction of sp³-hybridized carbons (Fsp3) is 0.263. The molecule has 0 unspecified atom stereocenters. The number of carbonyl (C=O) groups is 2. The van der Waals surface area contributed by atoms with Gasteiger partial charge in [-0.05, 0) is 45.9 Å². The number of rotatable bonds is 5. The average molecular weight is 459 g/mol. The van der Waals surface area contributed by atoms with Gasteiger partial charge in [0.25, 0.3) is 10.0 Å². The van der Waals surface area contributed by atoms with E-state index < -0.39 is 27.0 Å². The second kappa shape index (κ2) is 8.70. The van der Waals surface area contributed by atoms with E-state index in [-0.39, 0.29) is 23.0 Å². The SMILES string of the molecule is COC(=O)c1c(C)n[nH]c1S(=O)(=O)N(C(=O)Nc1nc(C)cc(C)n1)c1cccc(C)n1. The van der Waals surface area contributed by atoms with Gasteiger partial charge in [-0.3, -0.25) is 10.4 Å². The van der Waals surface area contributed by atoms with Crippen LogP contribution in [0.5, 0.6) is 0 Å². The van der Waals surface area contributed by atoms with Gasteiger partial charge in [0.1, 0.15) is 5.56 Å². The molecule has 0 saturated carbocycles. The van der Waals surface area contributed by atoms with Gasteiger partial charge < -0.3 is 4.74 Å². The number of aromatic nitrogens is 5. The Balaban J connectivity index is 2.15. The summed E-state index contributed by atoms with van der Waals surface area (Å²) in [6, 6.07) is 5.12. The molecule has 13 heteroatoms. The lowest BCUT2D eigenvalue weighted by Gasteiger charge is -2.21. The number of urea groups is 1. The minimum absolute atomic E-state index is 0.0885. The van der Waals surface area contributed by atoms with Gasteiger partial charge in [0.05, 0.1) is 12.8 Å². The summed E-state index contributed by atoms with van der Waals surface area (Å²) in [5.74, 6) is -1.21. The van der Waals surface area contributed by atoms with Crippen molar-refractivity contribution >= 4 is 33.8 Å². The van der Waals surface area contributed by atoms with Gasteiger partial charge in [0.2, 0.25) is 5.95 Å². The Bertz CT molecular complexity index is 1280. The number of sulfonamides is 1. The fourth-order valence-corrected chi connectivity index (χ4v) is 4.38. The average Bonchev–Trinajstić information content (AvgIpc) is 3.09. The highest BCUT2D eigenvalue weighted by Gasteiger charge is 2.38. The zero-order valence-corrected chi connectivity index (χ0v) is 18.8. The van der Waals surface area contributed by atoms with Crippen molar-refractivity contribution in [2.24, 2.45) is 0 Å². The van der Waals surface area contributed by atoms with Gasteiger partial charge >= 0.3 is 12.0 Å². The number of aryl methyl sites for hydroxylation is 4. The molecule has 3 rings (SSSR count). The second-order valence-corrected chi connectivity index (χ2v) is 8.54. The summed E-state index contributed by atoms with van der Waals surface area (Å²) in [5.41, 5.74) is 1.39. The zero-order chi connectivity index (χ0) is 23.6. The third kappa shape index (κ3) is 4.42. The minimum atomic E-state index is -4.69. The first-order valence-corrected chi connectivity index (χ1v) is 10.7. The predicted molar refractivity (Wildman–Crippen MR) is 114 cm³/mol. The number of methoxy groups -OCH3 is 1. The second-order valence-electron chi connectivity index (χ2n) is 6.82. The van der Waals surface area contributed by atoms with Gasteiger partial charge in [-0.2, -0.15) is 17.8 Å². The first kappa shape index (κ1) is 22.8. The molecular formula is C19H21N7O5S. The van der Waals surface area contributed by atoms with E-state index in [9.17, 15) is 18.0 Å². The molecule has 32 heavy (non-hydrogen) atoms. The van der Waals surface area contributed by atoms with Crippen LogP contribution in [0.2, 0.25) is 0 Å². The summed E-state index contributed by atoms with van der Waals surface area (Å²) in [6.07, 6.45) is 0. The highest BCUT2D eigenvalue weighted by Crippen LogP contribution is 2.26. The smallest absolute Gasteiger partial charge is 0.344 e. The molecule has 3 heterocycles. The van der Waals surface area contributed by atoms with Crippen LogP contribution in [-0.4, -0.2) is 52.7 Å². The Morgan fingerprint density at radius 1 is 1.03 bits per heavy atom. The lowest BCUT2D eigenvalue weighted by molar-refractivity contribution is 0.0595. The number of aromatic amines is 1. The maximum Gasteiger partial charge on any atom is 0.344 e. The molecule has 168 valence electrons. The van der Waals surface area contributed by atoms with Crippen molar-refractivity contribution in [1.29, 1.82) is 0 Å². The molecule has 0 fully saturated rings. The van der Waals surface area contributed by atoms with E-state index in [1.54, 1.807) is 39.0 Å². The van der Waals surface area contributed by atoms with Gasteiger partial charge in [0.15, 0.2) is 10.8 Å². The summed E-state index contributed by atoms with van der Waals surface area (Å²) < 4.78 is 32.2. The Morgan fingerprint density at radius 3 is 2.28 bits per heavy atom. The van der Waals surface area contributed by atoms with E-state index >= 15 is 0 Å². The van der Waals surface area contributed by atoms with E-state index in [0.717, 1.165) is 7.11 Å². The molecule has 0 aromatic carbocycles. The van der Waals surface area contributed by atoms with Crippen LogP contribution in [0.15, 0.2) is 29.3 Å². The number of nitrogens with zero attached hydrogens (tertiary/aromatic N) is 5. The standard InChI is InChI=1S/C19H21N7O5S/c1-10-7-6-8-14(20-10)26(19(28)23-18-21-11(2)9-12(3)22-18)32(29,30)16-15(17(27)31-5)13(4)24-25-16/h6-9H,1-5H3,(H,24,25)(H,21,22,23,28). The van der Waals surface area contributed by atoms with Gasteiger partial charge in [-0.15, -0.1) is 0 Å². The molecule has 0 aliphatic carbocycles. The molecule has 0 aliphatic rings. The van der Waals surface area contributed by atoms with Crippen LogP contribution in [0, 0.1) is 27.7 Å². The highest BCUT2D eigenvalue weighted by molar-refractivity contribution is 7.93. The lowest BCUT2D eigenvalue weighted by atomic mass is 10.3. The molecule has 0 saturated heterocycles. The maximum absolute atomic E-state index is 13.6. The minimum Gasteiger partial charge on any atom is -0.465 e. The Labute approximate surface area is 184 Å². The molecule has 2 amide bonds. The summed E-state index contributed by atoms with van der Waals surface area (Å²) in [5, 5.41) is 7.89. The number of H-pyrrole nitrogens is 1. The molecule has 0 bridgehead atoms. The lowest BCUT2D eigenvalue weighted by Crippen LogP contribution is -2.41. The Hall–Kier alpha value is -3.87. The Kier molecular flexibility index (Phi) is 6.20. The predicted octanol–water partition coefficient (Wildman–Crippen LogP) is 2.04. The number of ether oxygens (including phenoxy) is 1. The van der Waals surface area contributed by atoms with Crippen molar-refractivity contribution in [1.82, 2.24) is 25.1 Å². The van der Waals surface area contributed by atoms with Crippen LogP contribution in [0.4, 0.5) is 16.6 Å². The van der Waals surface area contributed by atoms with E-state index in [4.69, 9.17) is 0 Å². The number of hydrogen-bond donors (Lipinski definition) is 2. The van der Waals surface area contributed by atoms with Gasteiger partial charge in [-0.1, -0.05) is 6.07 Å². The molecular weight excluding hydrogens is 438 g/mol. The number of pyridine rings is 1. The molecule has 3 aromatic heterocycles. The van der Waals surface area contributed by atoms with Crippen LogP contribution in [-0.2, 0) is 14.8 Å². The number of carbonyl (C=O) groups excluding carboxylic acids is 2. The van der Waals surface area contributed by atoms with Gasteiger partial charge in [0, 0.05) is 17.1 Å². The topological polar surface area (TPSA) is 160 Å². The number of esters is 1. The largest absolute Gasteiger partial charge is 0.465 e. The molecule has 0 atom stereocenters. The number of anilines is 2. The Morgan fingerprint density at radius 2 is 1.69 bits per heavy atom. The normalized spacial score (nSPS) is 11.2. The van der Waals surface area contributed by atoms with Crippen molar-refractivity contribution in [3.05, 3.63) is 52.6 Å². The maximum atomic E-state index is 13.6. The molecule has 12 nitrogen and oxygen atoms in total. The van der Waals surface area contributed by atoms with Crippen molar-refractivity contribution in [2.75, 3.05) is 16.7 Å². The van der Waals surface area contributed by atoms with Crippen molar-refractivity contribution in [3.8, 4) is 0 Å². The van der Waals surface area contributed by atoms with Crippen LogP contribution in [0.3, 0.4) is 0 Å². The number of amides is 2. The van der Waals surface area contributed by atoms with E-state index in [2.05, 4.69) is 35.2 Å². The fourth-order valence-electron chi connectivity index (χ4n) is 2.94. The van der Waals surface area contributed by atoms with Crippen molar-refractivity contribution in [2.45, 2.75) is 32.7 Å². The highest BCUT2D eigenvalue weighted by atomic mass is 32.2. The summed E-state index contributed by atoms with van der Waals surface area (Å²) >= 11 is 0. The molecule has 2 N–H and O–H groups in total. The molecule has 0 aliphatic heterocycles. The van der Waals surface area contributed by atoms with E-state index in [0.29, 0.717) is 21.4 Å². The van der Waals surface area contributed by atoms with Crippen LogP contribution >= 0.6 is 0 Å². The third-order valence-corrected chi connectivity index (χ3v) is 5.91. The van der Waals surface area contributed by atoms with Crippen molar-refractivity contribution in [3.63, 3.8) is 0 Å². The first-order valence-electron chi connectivity index (χ1n) is 9.30. The summed E-state index contributed by atoms with van der Waals surface area (Å²) in [4.78, 5) is 37.8. The first-order chi connectivity index (χ1) is 15.0. The molecule has 3 aromatic rings.